The molecule has 3 heteroatoms. The summed E-state index contributed by atoms with van der Waals surface area (Å²) in [7, 11) is 3.73. The molecule has 0 fully saturated rings. The van der Waals surface area contributed by atoms with E-state index in [2.05, 4.69) is 11.6 Å². The predicted octanol–water partition coefficient (Wildman–Crippen LogP) is 1.29. The summed E-state index contributed by atoms with van der Waals surface area (Å²) in [6.45, 7) is 3.37. The zero-order valence-electron chi connectivity index (χ0n) is 5.06. The van der Waals surface area contributed by atoms with Crippen molar-refractivity contribution in [2.75, 3.05) is 14.1 Å². The molecule has 0 atom stereocenters. The van der Waals surface area contributed by atoms with Gasteiger partial charge in [0.1, 0.15) is 5.16 Å². The predicted molar refractivity (Wildman–Crippen MR) is 37.2 cm³/mol. The first kappa shape index (κ1) is 7.50. The molecule has 0 aromatic rings. The maximum Gasteiger partial charge on any atom is 0.123 e. The zero-order valence-corrected chi connectivity index (χ0v) is 5.81. The van der Waals surface area contributed by atoms with Gasteiger partial charge in [-0.25, -0.2) is 4.99 Å². The largest absolute Gasteiger partial charge is 0.369 e. The van der Waals surface area contributed by atoms with Crippen LogP contribution in [0.4, 0.5) is 0 Å². The minimum absolute atomic E-state index is 0.304. The molecule has 0 unspecified atom stereocenters. The van der Waals surface area contributed by atoms with E-state index in [1.807, 2.05) is 14.1 Å². The molecule has 0 spiro atoms. The molecule has 0 aromatic heterocycles. The van der Waals surface area contributed by atoms with E-state index in [1.165, 1.54) is 0 Å². The van der Waals surface area contributed by atoms with Gasteiger partial charge in [-0.1, -0.05) is 18.2 Å². The van der Waals surface area contributed by atoms with Crippen LogP contribution in [0.15, 0.2) is 16.7 Å². The number of halogens is 1. The lowest BCUT2D eigenvalue weighted by molar-refractivity contribution is 0.643. The van der Waals surface area contributed by atoms with Crippen LogP contribution in [0.2, 0.25) is 0 Å². The molecule has 0 aromatic carbocycles. The third-order valence-corrected chi connectivity index (χ3v) is 0.526. The highest BCUT2D eigenvalue weighted by atomic mass is 35.5. The van der Waals surface area contributed by atoms with Crippen LogP contribution in [-0.4, -0.2) is 25.3 Å². The molecule has 0 N–H and O–H groups in total. The first-order valence-electron chi connectivity index (χ1n) is 2.18. The fraction of sp³-hybridized carbons (Fsp3) is 0.400. The van der Waals surface area contributed by atoms with E-state index in [0.29, 0.717) is 5.16 Å². The Kier molecular flexibility index (Phi) is 3.28. The molecular weight excluding hydrogens is 124 g/mol. The van der Waals surface area contributed by atoms with Crippen molar-refractivity contribution in [2.45, 2.75) is 0 Å². The standard InChI is InChI=1S/C5H9ClN2/c1-5(6)7-4-8(2)3/h4H,1H2,2-3H3. The van der Waals surface area contributed by atoms with Crippen LogP contribution in [0, 0.1) is 0 Å². The van der Waals surface area contributed by atoms with Gasteiger partial charge in [-0.2, -0.15) is 0 Å². The Morgan fingerprint density at radius 2 is 2.25 bits per heavy atom. The van der Waals surface area contributed by atoms with Gasteiger partial charge in [0, 0.05) is 14.1 Å². The third-order valence-electron chi connectivity index (χ3n) is 0.429. The summed E-state index contributed by atoms with van der Waals surface area (Å²) in [4.78, 5) is 5.48. The van der Waals surface area contributed by atoms with Gasteiger partial charge in [0.15, 0.2) is 0 Å². The van der Waals surface area contributed by atoms with E-state index >= 15 is 0 Å². The van der Waals surface area contributed by atoms with Gasteiger partial charge < -0.3 is 4.90 Å². The van der Waals surface area contributed by atoms with Gasteiger partial charge in [-0.15, -0.1) is 0 Å². The van der Waals surface area contributed by atoms with Crippen molar-refractivity contribution in [1.29, 1.82) is 0 Å². The highest BCUT2D eigenvalue weighted by Gasteiger charge is 1.76. The molecule has 0 aliphatic carbocycles. The van der Waals surface area contributed by atoms with E-state index in [1.54, 1.807) is 11.2 Å². The van der Waals surface area contributed by atoms with Crippen molar-refractivity contribution < 1.29 is 0 Å². The van der Waals surface area contributed by atoms with E-state index in [4.69, 9.17) is 11.6 Å². The number of hydrogen-bond donors (Lipinski definition) is 0. The van der Waals surface area contributed by atoms with E-state index in [9.17, 15) is 0 Å². The quantitative estimate of drug-likeness (QED) is 0.314. The maximum atomic E-state index is 5.30. The van der Waals surface area contributed by atoms with Gasteiger partial charge in [-0.3, -0.25) is 0 Å². The molecule has 0 saturated carbocycles. The second-order valence-corrected chi connectivity index (χ2v) is 2.02. The molecule has 0 aliphatic heterocycles. The van der Waals surface area contributed by atoms with Crippen molar-refractivity contribution in [1.82, 2.24) is 4.90 Å². The first-order valence-corrected chi connectivity index (χ1v) is 2.55. The molecule has 0 bridgehead atoms. The van der Waals surface area contributed by atoms with E-state index in [-0.39, 0.29) is 0 Å². The normalized spacial score (nSPS) is 9.88. The fourth-order valence-electron chi connectivity index (χ4n) is 0.178. The lowest BCUT2D eigenvalue weighted by Gasteiger charge is -1.99. The lowest BCUT2D eigenvalue weighted by atomic mass is 10.9. The summed E-state index contributed by atoms with van der Waals surface area (Å²) in [5.74, 6) is 0. The average molecular weight is 133 g/mol. The smallest absolute Gasteiger partial charge is 0.123 e. The lowest BCUT2D eigenvalue weighted by Crippen LogP contribution is -2.07. The van der Waals surface area contributed by atoms with Crippen molar-refractivity contribution >= 4 is 17.9 Å². The van der Waals surface area contributed by atoms with Crippen molar-refractivity contribution in [2.24, 2.45) is 4.99 Å². The van der Waals surface area contributed by atoms with Crippen molar-refractivity contribution in [3.63, 3.8) is 0 Å². The van der Waals surface area contributed by atoms with Gasteiger partial charge in [0.2, 0.25) is 0 Å². The Morgan fingerprint density at radius 3 is 2.38 bits per heavy atom. The van der Waals surface area contributed by atoms with E-state index < -0.39 is 0 Å². The zero-order chi connectivity index (χ0) is 6.57. The van der Waals surface area contributed by atoms with Crippen molar-refractivity contribution in [3.05, 3.63) is 11.7 Å². The van der Waals surface area contributed by atoms with Gasteiger partial charge in [0.05, 0.1) is 6.34 Å². The molecular formula is C5H9ClN2. The molecule has 8 heavy (non-hydrogen) atoms. The number of aliphatic imine (C=N–C) groups is 1. The summed E-state index contributed by atoms with van der Waals surface area (Å²) >= 11 is 5.30. The van der Waals surface area contributed by atoms with Crippen LogP contribution in [0.3, 0.4) is 0 Å². The second-order valence-electron chi connectivity index (χ2n) is 1.58. The second kappa shape index (κ2) is 3.50. The summed E-state index contributed by atoms with van der Waals surface area (Å²) in [5, 5.41) is 0.304. The van der Waals surface area contributed by atoms with Crippen LogP contribution in [0.1, 0.15) is 0 Å². The summed E-state index contributed by atoms with van der Waals surface area (Å²) < 4.78 is 0. The monoisotopic (exact) mass is 132 g/mol. The molecule has 46 valence electrons. The highest BCUT2D eigenvalue weighted by Crippen LogP contribution is 1.94. The average Bonchev–Trinajstić information content (AvgIpc) is 1.61. The van der Waals surface area contributed by atoms with Crippen molar-refractivity contribution in [3.8, 4) is 0 Å². The van der Waals surface area contributed by atoms with Gasteiger partial charge in [-0.05, 0) is 0 Å². The Morgan fingerprint density at radius 1 is 1.75 bits per heavy atom. The molecule has 0 amide bonds. The van der Waals surface area contributed by atoms with Crippen LogP contribution < -0.4 is 0 Å². The molecule has 0 rings (SSSR count). The Labute approximate surface area is 54.5 Å². The Balaban J connectivity index is 3.50. The van der Waals surface area contributed by atoms with Crippen LogP contribution in [0.25, 0.3) is 0 Å². The molecule has 0 saturated heterocycles. The van der Waals surface area contributed by atoms with Gasteiger partial charge >= 0.3 is 0 Å². The van der Waals surface area contributed by atoms with Crippen LogP contribution in [0.5, 0.6) is 0 Å². The number of rotatable bonds is 2. The molecule has 2 nitrogen and oxygen atoms in total. The molecule has 0 aliphatic rings. The van der Waals surface area contributed by atoms with Gasteiger partial charge in [0.25, 0.3) is 0 Å². The number of nitrogens with zero attached hydrogens (tertiary/aromatic N) is 2. The Bertz CT molecular complexity index is 107. The van der Waals surface area contributed by atoms with Crippen LogP contribution >= 0.6 is 11.6 Å². The minimum Gasteiger partial charge on any atom is -0.369 e. The summed E-state index contributed by atoms with van der Waals surface area (Å²) in [5.41, 5.74) is 0. The Hall–Kier alpha value is -0.500. The fourth-order valence-corrected chi connectivity index (χ4v) is 0.222. The summed E-state index contributed by atoms with van der Waals surface area (Å²) in [6.07, 6.45) is 1.59. The molecule has 0 radical (unpaired) electrons. The minimum atomic E-state index is 0.304. The topological polar surface area (TPSA) is 15.6 Å². The number of hydrogen-bond acceptors (Lipinski definition) is 1. The maximum absolute atomic E-state index is 5.30. The van der Waals surface area contributed by atoms with Crippen LogP contribution in [-0.2, 0) is 0 Å². The highest BCUT2D eigenvalue weighted by molar-refractivity contribution is 6.29. The molecule has 0 heterocycles. The SMILES string of the molecule is C=C(Cl)N=CN(C)C. The summed E-state index contributed by atoms with van der Waals surface area (Å²) in [6, 6.07) is 0. The first-order chi connectivity index (χ1) is 3.63. The van der Waals surface area contributed by atoms with E-state index in [0.717, 1.165) is 0 Å². The third kappa shape index (κ3) is 5.50.